The van der Waals surface area contributed by atoms with Gasteiger partial charge in [0.25, 0.3) is 5.91 Å². The van der Waals surface area contributed by atoms with Crippen molar-refractivity contribution in [2.45, 2.75) is 37.5 Å². The molecule has 2 fully saturated rings. The molecule has 2 aliphatic rings. The average molecular weight is 380 g/mol. The molecule has 146 valence electrons. The second kappa shape index (κ2) is 7.19. The summed E-state index contributed by atoms with van der Waals surface area (Å²) in [5, 5.41) is 2.89. The molecule has 1 amide bonds. The summed E-state index contributed by atoms with van der Waals surface area (Å²) in [5.74, 6) is -0.615. The van der Waals surface area contributed by atoms with Crippen LogP contribution in [-0.2, 0) is 10.2 Å². The van der Waals surface area contributed by atoms with Crippen LogP contribution in [0.3, 0.4) is 0 Å². The zero-order chi connectivity index (χ0) is 19.6. The highest BCUT2D eigenvalue weighted by Crippen LogP contribution is 2.72. The molecule has 1 heterocycles. The Hall–Kier alpha value is -3.02. The third-order valence-corrected chi connectivity index (χ3v) is 6.04. The summed E-state index contributed by atoms with van der Waals surface area (Å²) in [5.41, 5.74) is 7.03. The Bertz CT molecular complexity index is 941. The highest BCUT2D eigenvalue weighted by Gasteiger charge is 2.72. The van der Waals surface area contributed by atoms with Crippen LogP contribution in [0.15, 0.2) is 65.9 Å². The van der Waals surface area contributed by atoms with Crippen LogP contribution in [0, 0.1) is 11.4 Å². The topological polar surface area (TPSA) is 80.4 Å². The molecule has 4 rings (SSSR count). The molecule has 1 atom stereocenters. The Kier molecular flexibility index (Phi) is 4.71. The van der Waals surface area contributed by atoms with Crippen LogP contribution >= 0.6 is 0 Å². The number of amidine groups is 1. The predicted octanol–water partition coefficient (Wildman–Crippen LogP) is 4.18. The number of nitrogens with one attached hydrogen (secondary N) is 1. The quantitative estimate of drug-likeness (QED) is 0.463. The van der Waals surface area contributed by atoms with Gasteiger partial charge in [0.2, 0.25) is 5.95 Å². The van der Waals surface area contributed by atoms with Crippen molar-refractivity contribution in [3.63, 3.8) is 0 Å². The van der Waals surface area contributed by atoms with E-state index in [4.69, 9.17) is 5.73 Å². The number of amides is 1. The molecule has 1 aromatic heterocycles. The lowest BCUT2D eigenvalue weighted by atomic mass is 9.84. The van der Waals surface area contributed by atoms with Crippen molar-refractivity contribution < 1.29 is 10.6 Å². The van der Waals surface area contributed by atoms with E-state index in [1.165, 1.54) is 24.5 Å². The van der Waals surface area contributed by atoms with Crippen LogP contribution in [0.2, 0.25) is 0 Å². The number of carbonyl (C=O) groups is 1. The van der Waals surface area contributed by atoms with E-state index in [1.807, 2.05) is 30.3 Å². The molecule has 0 saturated heterocycles. The second-order valence-electron chi connectivity index (χ2n) is 7.62. The Morgan fingerprint density at radius 2 is 2.00 bits per heavy atom. The molecule has 2 aliphatic carbocycles. The number of nitrogens with zero attached hydrogens (tertiary/aromatic N) is 2. The summed E-state index contributed by atoms with van der Waals surface area (Å²) < 4.78 is 13.1. The minimum absolute atomic E-state index is 0. The molecule has 6 heteroatoms. The zero-order valence-corrected chi connectivity index (χ0v) is 15.6. The fourth-order valence-corrected chi connectivity index (χ4v) is 4.64. The van der Waals surface area contributed by atoms with E-state index in [1.54, 1.807) is 6.07 Å². The second-order valence-corrected chi connectivity index (χ2v) is 7.62. The number of benzene rings is 1. The molecular formula is C22H25FN4O. The lowest BCUT2D eigenvalue weighted by Gasteiger charge is -2.20. The summed E-state index contributed by atoms with van der Waals surface area (Å²) >= 11 is 0. The third kappa shape index (κ3) is 3.19. The summed E-state index contributed by atoms with van der Waals surface area (Å²) in [7, 11) is 0. The van der Waals surface area contributed by atoms with Crippen molar-refractivity contribution in [3.8, 4) is 0 Å². The number of carbonyl (C=O) groups excluding carboxylic acids is 1. The predicted molar refractivity (Wildman–Crippen MR) is 109 cm³/mol. The normalized spacial score (nSPS) is 23.2. The lowest BCUT2D eigenvalue weighted by molar-refractivity contribution is -0.121. The maximum absolute atomic E-state index is 13.2. The third-order valence-electron chi connectivity index (χ3n) is 6.04. The lowest BCUT2D eigenvalue weighted by Crippen LogP contribution is -2.28. The van der Waals surface area contributed by atoms with E-state index in [0.717, 1.165) is 37.7 Å². The average Bonchev–Trinajstić information content (AvgIpc) is 3.10. The fraction of sp³-hybridized carbons (Fsp3) is 0.318. The number of aliphatic imine (C=N–C) groups is 1. The summed E-state index contributed by atoms with van der Waals surface area (Å²) in [6.45, 7) is 0. The molecule has 0 unspecified atom stereocenters. The Morgan fingerprint density at radius 1 is 1.25 bits per heavy atom. The van der Waals surface area contributed by atoms with Gasteiger partial charge in [-0.3, -0.25) is 4.79 Å². The van der Waals surface area contributed by atoms with E-state index < -0.39 is 11.4 Å². The Labute approximate surface area is 165 Å². The maximum atomic E-state index is 13.2. The Morgan fingerprint density at radius 3 is 2.71 bits per heavy atom. The van der Waals surface area contributed by atoms with Crippen molar-refractivity contribution >= 4 is 17.4 Å². The molecule has 2 saturated carbocycles. The molecule has 0 aliphatic heterocycles. The number of aromatic nitrogens is 1. The van der Waals surface area contributed by atoms with Crippen LogP contribution in [0.25, 0.3) is 0 Å². The first-order chi connectivity index (χ1) is 13.6. The molecule has 2 aromatic rings. The van der Waals surface area contributed by atoms with Gasteiger partial charge in [0, 0.05) is 25.6 Å². The largest absolute Gasteiger partial charge is 0.384 e. The summed E-state index contributed by atoms with van der Waals surface area (Å²) in [6, 6.07) is 12.8. The van der Waals surface area contributed by atoms with Crippen LogP contribution in [0.5, 0.6) is 0 Å². The van der Waals surface area contributed by atoms with Gasteiger partial charge in [-0.1, -0.05) is 43.2 Å². The first kappa shape index (κ1) is 18.3. The van der Waals surface area contributed by atoms with Crippen molar-refractivity contribution in [1.82, 2.24) is 4.98 Å². The minimum Gasteiger partial charge on any atom is -0.384 e. The van der Waals surface area contributed by atoms with E-state index in [9.17, 15) is 9.18 Å². The zero-order valence-electron chi connectivity index (χ0n) is 15.6. The highest BCUT2D eigenvalue weighted by molar-refractivity contribution is 6.05. The number of hydrogen-bond acceptors (Lipinski definition) is 3. The van der Waals surface area contributed by atoms with Crippen molar-refractivity contribution in [2.75, 3.05) is 5.32 Å². The van der Waals surface area contributed by atoms with E-state index in [2.05, 4.69) is 15.3 Å². The summed E-state index contributed by atoms with van der Waals surface area (Å²) in [4.78, 5) is 20.9. The van der Waals surface area contributed by atoms with Gasteiger partial charge >= 0.3 is 0 Å². The first-order valence-corrected chi connectivity index (χ1v) is 9.55. The SMILES string of the molecule is NC(/C=C\Nc1ccnc(F)c1)=NC(=O)[C@@]1(c2ccccc2)CC12CCCC2.[HH]. The number of anilines is 1. The minimum atomic E-state index is -0.574. The van der Waals surface area contributed by atoms with Gasteiger partial charge in [-0.15, -0.1) is 0 Å². The van der Waals surface area contributed by atoms with Crippen LogP contribution in [0.1, 0.15) is 39.1 Å². The highest BCUT2D eigenvalue weighted by atomic mass is 19.1. The first-order valence-electron chi connectivity index (χ1n) is 9.55. The molecule has 0 radical (unpaired) electrons. The number of rotatable bonds is 5. The van der Waals surface area contributed by atoms with E-state index >= 15 is 0 Å². The molecule has 0 bridgehead atoms. The van der Waals surface area contributed by atoms with E-state index in [0.29, 0.717) is 5.69 Å². The molecule has 3 N–H and O–H groups in total. The fourth-order valence-electron chi connectivity index (χ4n) is 4.64. The number of nitrogens with two attached hydrogens (primary N) is 1. The smallest absolute Gasteiger partial charge is 0.258 e. The van der Waals surface area contributed by atoms with Gasteiger partial charge in [0.15, 0.2) is 0 Å². The van der Waals surface area contributed by atoms with Gasteiger partial charge in [-0.2, -0.15) is 9.38 Å². The monoisotopic (exact) mass is 380 g/mol. The standard InChI is InChI=1S/C22H23FN4O.H2/c23-18-14-17(8-12-26-18)25-13-9-19(24)27-20(28)22(16-6-2-1-3-7-16)15-21(22)10-4-5-11-21;/h1-3,6-9,12-14H,4-5,10-11,15H2,(H,25,26)(H2,24,27,28);1H/b13-9-;/t22-;/m0./s1. The van der Waals surface area contributed by atoms with Gasteiger partial charge in [0.05, 0.1) is 5.41 Å². The molecule has 1 aromatic carbocycles. The van der Waals surface area contributed by atoms with Crippen LogP contribution in [-0.4, -0.2) is 16.7 Å². The van der Waals surface area contributed by atoms with Crippen molar-refractivity contribution in [2.24, 2.45) is 16.1 Å². The van der Waals surface area contributed by atoms with Crippen molar-refractivity contribution in [3.05, 3.63) is 72.4 Å². The molecular weight excluding hydrogens is 355 g/mol. The van der Waals surface area contributed by atoms with Crippen molar-refractivity contribution in [1.29, 1.82) is 0 Å². The van der Waals surface area contributed by atoms with Gasteiger partial charge in [0.1, 0.15) is 5.84 Å². The van der Waals surface area contributed by atoms with Crippen LogP contribution in [0.4, 0.5) is 10.1 Å². The number of hydrogen-bond donors (Lipinski definition) is 2. The maximum Gasteiger partial charge on any atom is 0.258 e. The Balaban J connectivity index is 0.00000240. The van der Waals surface area contributed by atoms with Gasteiger partial charge < -0.3 is 11.1 Å². The number of halogens is 1. The van der Waals surface area contributed by atoms with E-state index in [-0.39, 0.29) is 18.6 Å². The molecule has 1 spiro atoms. The summed E-state index contributed by atoms with van der Waals surface area (Å²) in [6.07, 6.45) is 9.71. The molecule has 5 nitrogen and oxygen atoms in total. The molecule has 28 heavy (non-hydrogen) atoms. The van der Waals surface area contributed by atoms with Gasteiger partial charge in [-0.25, -0.2) is 4.98 Å². The number of pyridine rings is 1. The van der Waals surface area contributed by atoms with Crippen LogP contribution < -0.4 is 11.1 Å². The van der Waals surface area contributed by atoms with Gasteiger partial charge in [-0.05, 0) is 42.4 Å².